The van der Waals surface area contributed by atoms with E-state index in [0.717, 1.165) is 29.9 Å². The van der Waals surface area contributed by atoms with Gasteiger partial charge in [-0.05, 0) is 36.1 Å². The molecule has 1 heterocycles. The smallest absolute Gasteiger partial charge is 0.290 e. The van der Waals surface area contributed by atoms with Crippen molar-refractivity contribution in [2.45, 2.75) is 19.3 Å². The highest BCUT2D eigenvalue weighted by molar-refractivity contribution is 5.90. The second-order valence-electron chi connectivity index (χ2n) is 7.11. The lowest BCUT2D eigenvalue weighted by atomic mass is 10.1. The first kappa shape index (κ1) is 19.6. The molecular formula is C25H24N4O. The van der Waals surface area contributed by atoms with Gasteiger partial charge in [-0.2, -0.15) is 0 Å². The lowest BCUT2D eigenvalue weighted by Gasteiger charge is -2.05. The fourth-order valence-corrected chi connectivity index (χ4v) is 3.33. The van der Waals surface area contributed by atoms with Gasteiger partial charge in [0.25, 0.3) is 5.91 Å². The van der Waals surface area contributed by atoms with E-state index in [1.807, 2.05) is 78.9 Å². The van der Waals surface area contributed by atoms with Crippen molar-refractivity contribution in [3.8, 4) is 5.69 Å². The van der Waals surface area contributed by atoms with Gasteiger partial charge in [0, 0.05) is 13.0 Å². The van der Waals surface area contributed by atoms with Gasteiger partial charge in [-0.25, -0.2) is 9.67 Å². The highest BCUT2D eigenvalue weighted by atomic mass is 16.2. The van der Waals surface area contributed by atoms with Crippen LogP contribution in [0, 0.1) is 0 Å². The molecular weight excluding hydrogens is 372 g/mol. The molecule has 0 atom stereocenters. The quantitative estimate of drug-likeness (QED) is 0.454. The lowest BCUT2D eigenvalue weighted by Crippen LogP contribution is -2.26. The third kappa shape index (κ3) is 5.00. The van der Waals surface area contributed by atoms with Gasteiger partial charge in [0.15, 0.2) is 0 Å². The van der Waals surface area contributed by atoms with E-state index in [1.54, 1.807) is 4.68 Å². The molecule has 0 fully saturated rings. The average molecular weight is 396 g/mol. The van der Waals surface area contributed by atoms with E-state index in [9.17, 15) is 4.79 Å². The van der Waals surface area contributed by atoms with Crippen LogP contribution >= 0.6 is 0 Å². The zero-order valence-electron chi connectivity index (χ0n) is 16.7. The van der Waals surface area contributed by atoms with Crippen molar-refractivity contribution >= 4 is 5.91 Å². The second-order valence-corrected chi connectivity index (χ2v) is 7.11. The molecule has 0 bridgehead atoms. The van der Waals surface area contributed by atoms with Crippen molar-refractivity contribution < 1.29 is 4.79 Å². The molecule has 0 spiro atoms. The number of para-hydroxylation sites is 1. The predicted octanol–water partition coefficient (Wildman–Crippen LogP) is 4.22. The Morgan fingerprint density at radius 1 is 0.800 bits per heavy atom. The summed E-state index contributed by atoms with van der Waals surface area (Å²) in [6.45, 7) is 0.585. The minimum absolute atomic E-state index is 0.199. The van der Waals surface area contributed by atoms with Crippen molar-refractivity contribution in [3.63, 3.8) is 0 Å². The maximum Gasteiger partial charge on any atom is 0.290 e. The summed E-state index contributed by atoms with van der Waals surface area (Å²) < 4.78 is 1.76. The topological polar surface area (TPSA) is 59.8 Å². The van der Waals surface area contributed by atoms with Gasteiger partial charge in [0.05, 0.1) is 5.69 Å². The van der Waals surface area contributed by atoms with Crippen LogP contribution in [-0.4, -0.2) is 27.2 Å². The maximum absolute atomic E-state index is 12.7. The molecule has 4 aromatic rings. The van der Waals surface area contributed by atoms with Crippen molar-refractivity contribution in [3.05, 3.63) is 114 Å². The van der Waals surface area contributed by atoms with Crippen molar-refractivity contribution in [2.75, 3.05) is 6.54 Å². The number of rotatable bonds is 8. The summed E-state index contributed by atoms with van der Waals surface area (Å²) in [6.07, 6.45) is 2.39. The summed E-state index contributed by atoms with van der Waals surface area (Å²) in [6, 6.07) is 30.1. The molecule has 5 heteroatoms. The molecule has 0 unspecified atom stereocenters. The fraction of sp³-hybridized carbons (Fsp3) is 0.160. The van der Waals surface area contributed by atoms with E-state index < -0.39 is 0 Å². The second kappa shape index (κ2) is 9.65. The van der Waals surface area contributed by atoms with Crippen LogP contribution in [0.25, 0.3) is 5.69 Å². The molecule has 5 nitrogen and oxygen atoms in total. The van der Waals surface area contributed by atoms with Gasteiger partial charge < -0.3 is 5.32 Å². The third-order valence-corrected chi connectivity index (χ3v) is 4.85. The number of aryl methyl sites for hydroxylation is 1. The number of amides is 1. The highest BCUT2D eigenvalue weighted by Gasteiger charge is 2.17. The van der Waals surface area contributed by atoms with E-state index in [0.29, 0.717) is 13.0 Å². The number of hydrogen-bond donors (Lipinski definition) is 1. The van der Waals surface area contributed by atoms with Gasteiger partial charge in [0.1, 0.15) is 5.82 Å². The SMILES string of the molecule is O=C(NCCCc1ccccc1)c1nc(Cc2ccccc2)n(-c2ccccc2)n1. The molecule has 0 aliphatic rings. The Kier molecular flexibility index (Phi) is 6.30. The molecule has 0 saturated carbocycles. The molecule has 4 rings (SSSR count). The van der Waals surface area contributed by atoms with E-state index in [-0.39, 0.29) is 11.7 Å². The van der Waals surface area contributed by atoms with Crippen LogP contribution in [0.15, 0.2) is 91.0 Å². The number of nitrogens with one attached hydrogen (secondary N) is 1. The maximum atomic E-state index is 12.7. The Balaban J connectivity index is 1.46. The molecule has 3 aromatic carbocycles. The average Bonchev–Trinajstić information content (AvgIpc) is 3.22. The normalized spacial score (nSPS) is 10.7. The first-order chi connectivity index (χ1) is 14.8. The van der Waals surface area contributed by atoms with Crippen LogP contribution in [0.5, 0.6) is 0 Å². The zero-order valence-corrected chi connectivity index (χ0v) is 16.7. The Hall–Kier alpha value is -3.73. The van der Waals surface area contributed by atoms with E-state index in [2.05, 4.69) is 27.5 Å². The third-order valence-electron chi connectivity index (χ3n) is 4.85. The van der Waals surface area contributed by atoms with Crippen LogP contribution in [0.4, 0.5) is 0 Å². The van der Waals surface area contributed by atoms with Gasteiger partial charge in [-0.15, -0.1) is 5.10 Å². The molecule has 0 radical (unpaired) electrons. The van der Waals surface area contributed by atoms with Gasteiger partial charge in [-0.3, -0.25) is 4.79 Å². The molecule has 1 N–H and O–H groups in total. The summed E-state index contributed by atoms with van der Waals surface area (Å²) in [5.74, 6) is 0.693. The summed E-state index contributed by atoms with van der Waals surface area (Å²) in [5.41, 5.74) is 3.28. The van der Waals surface area contributed by atoms with Gasteiger partial charge in [-0.1, -0.05) is 78.9 Å². The minimum Gasteiger partial charge on any atom is -0.349 e. The predicted molar refractivity (Wildman–Crippen MR) is 118 cm³/mol. The molecule has 30 heavy (non-hydrogen) atoms. The number of carbonyl (C=O) groups is 1. The summed E-state index contributed by atoms with van der Waals surface area (Å²) >= 11 is 0. The van der Waals surface area contributed by atoms with Crippen LogP contribution in [0.2, 0.25) is 0 Å². The number of nitrogens with zero attached hydrogens (tertiary/aromatic N) is 3. The summed E-state index contributed by atoms with van der Waals surface area (Å²) in [4.78, 5) is 17.2. The van der Waals surface area contributed by atoms with E-state index in [4.69, 9.17) is 0 Å². The molecule has 1 aromatic heterocycles. The number of carbonyl (C=O) groups excluding carboxylic acids is 1. The van der Waals surface area contributed by atoms with Gasteiger partial charge in [0.2, 0.25) is 5.82 Å². The first-order valence-corrected chi connectivity index (χ1v) is 10.2. The van der Waals surface area contributed by atoms with Crippen molar-refractivity contribution in [1.82, 2.24) is 20.1 Å². The fourth-order valence-electron chi connectivity index (χ4n) is 3.33. The Bertz CT molecular complexity index is 1080. The molecule has 0 saturated heterocycles. The number of benzene rings is 3. The van der Waals surface area contributed by atoms with Crippen molar-refractivity contribution in [1.29, 1.82) is 0 Å². The molecule has 0 aliphatic carbocycles. The summed E-state index contributed by atoms with van der Waals surface area (Å²) in [5, 5.41) is 7.45. The molecule has 1 amide bonds. The number of aromatic nitrogens is 3. The number of hydrogen-bond acceptors (Lipinski definition) is 3. The van der Waals surface area contributed by atoms with Crippen LogP contribution in [-0.2, 0) is 12.8 Å². The molecule has 0 aliphatic heterocycles. The first-order valence-electron chi connectivity index (χ1n) is 10.2. The monoisotopic (exact) mass is 396 g/mol. The van der Waals surface area contributed by atoms with Crippen molar-refractivity contribution in [2.24, 2.45) is 0 Å². The van der Waals surface area contributed by atoms with Gasteiger partial charge >= 0.3 is 0 Å². The van der Waals surface area contributed by atoms with E-state index in [1.165, 1.54) is 5.56 Å². The Morgan fingerprint density at radius 2 is 1.40 bits per heavy atom. The lowest BCUT2D eigenvalue weighted by molar-refractivity contribution is 0.0943. The molecule has 150 valence electrons. The van der Waals surface area contributed by atoms with Crippen LogP contribution in [0.3, 0.4) is 0 Å². The van der Waals surface area contributed by atoms with E-state index >= 15 is 0 Å². The van der Waals surface area contributed by atoms with Crippen LogP contribution < -0.4 is 5.32 Å². The Labute approximate surface area is 176 Å². The minimum atomic E-state index is -0.243. The highest BCUT2D eigenvalue weighted by Crippen LogP contribution is 2.14. The Morgan fingerprint density at radius 3 is 2.07 bits per heavy atom. The standard InChI is InChI=1S/C25H24N4O/c30-25(26-18-10-15-20-11-4-1-5-12-20)24-27-23(19-21-13-6-2-7-14-21)29(28-24)22-16-8-3-9-17-22/h1-9,11-14,16-17H,10,15,18-19H2,(H,26,30). The van der Waals surface area contributed by atoms with Crippen LogP contribution in [0.1, 0.15) is 34.0 Å². The zero-order chi connectivity index (χ0) is 20.6. The summed E-state index contributed by atoms with van der Waals surface area (Å²) in [7, 11) is 0. The largest absolute Gasteiger partial charge is 0.349 e.